The summed E-state index contributed by atoms with van der Waals surface area (Å²) in [6.07, 6.45) is 4.09. The number of fused-ring (bicyclic) bond motifs is 1. The lowest BCUT2D eigenvalue weighted by Crippen LogP contribution is -2.32. The molecule has 24 heavy (non-hydrogen) atoms. The molecule has 0 amide bonds. The van der Waals surface area contributed by atoms with Crippen molar-refractivity contribution >= 4 is 16.7 Å². The normalized spacial score (nSPS) is 17.9. The predicted octanol–water partition coefficient (Wildman–Crippen LogP) is 4.01. The minimum Gasteiger partial charge on any atom is -0.367 e. The summed E-state index contributed by atoms with van der Waals surface area (Å²) in [5.41, 5.74) is 2.30. The molecule has 1 aliphatic rings. The van der Waals surface area contributed by atoms with Crippen molar-refractivity contribution in [2.24, 2.45) is 0 Å². The topological polar surface area (TPSA) is 66.5 Å². The van der Waals surface area contributed by atoms with E-state index in [-0.39, 0.29) is 18.9 Å². The molecule has 3 aromatic rings. The molecule has 0 radical (unpaired) electrons. The van der Waals surface area contributed by atoms with Crippen molar-refractivity contribution in [2.75, 3.05) is 5.32 Å². The van der Waals surface area contributed by atoms with Crippen LogP contribution in [0.1, 0.15) is 25.7 Å². The van der Waals surface area contributed by atoms with Crippen LogP contribution < -0.4 is 5.32 Å². The van der Waals surface area contributed by atoms with E-state index in [0.29, 0.717) is 24.4 Å². The van der Waals surface area contributed by atoms with Gasteiger partial charge < -0.3 is 5.32 Å². The molecule has 1 aliphatic carbocycles. The van der Waals surface area contributed by atoms with Gasteiger partial charge >= 0.3 is 0 Å². The number of H-pyrrole nitrogens is 1. The van der Waals surface area contributed by atoms with E-state index in [1.54, 1.807) is 12.4 Å². The van der Waals surface area contributed by atoms with E-state index in [1.807, 2.05) is 24.3 Å². The largest absolute Gasteiger partial charge is 0.367 e. The van der Waals surface area contributed by atoms with Gasteiger partial charge in [-0.15, -0.1) is 0 Å². The van der Waals surface area contributed by atoms with Gasteiger partial charge in [0.1, 0.15) is 11.5 Å². The van der Waals surface area contributed by atoms with E-state index in [2.05, 4.69) is 25.5 Å². The third-order valence-electron chi connectivity index (χ3n) is 4.44. The van der Waals surface area contributed by atoms with Gasteiger partial charge in [0.25, 0.3) is 0 Å². The number of pyridine rings is 2. The van der Waals surface area contributed by atoms with Crippen LogP contribution in [0.15, 0.2) is 36.7 Å². The second-order valence-electron chi connectivity index (χ2n) is 6.14. The molecule has 4 rings (SSSR count). The summed E-state index contributed by atoms with van der Waals surface area (Å²) in [6, 6.07) is 7.46. The van der Waals surface area contributed by atoms with Crippen LogP contribution in [-0.2, 0) is 0 Å². The molecule has 5 nitrogen and oxygen atoms in total. The third-order valence-corrected chi connectivity index (χ3v) is 4.44. The first-order valence-electron chi connectivity index (χ1n) is 8.01. The molecule has 3 heterocycles. The van der Waals surface area contributed by atoms with Gasteiger partial charge in [-0.1, -0.05) is 6.07 Å². The Kier molecular flexibility index (Phi) is 3.63. The Morgan fingerprint density at radius 3 is 2.67 bits per heavy atom. The summed E-state index contributed by atoms with van der Waals surface area (Å²) >= 11 is 0. The average Bonchev–Trinajstić information content (AvgIpc) is 3.03. The Balaban J connectivity index is 1.67. The molecule has 0 saturated heterocycles. The lowest BCUT2D eigenvalue weighted by Gasteiger charge is -2.29. The van der Waals surface area contributed by atoms with Crippen molar-refractivity contribution in [3.63, 3.8) is 0 Å². The predicted molar refractivity (Wildman–Crippen MR) is 87.9 cm³/mol. The first-order valence-corrected chi connectivity index (χ1v) is 8.01. The van der Waals surface area contributed by atoms with Crippen LogP contribution in [0.3, 0.4) is 0 Å². The van der Waals surface area contributed by atoms with E-state index in [9.17, 15) is 8.78 Å². The van der Waals surface area contributed by atoms with Gasteiger partial charge in [-0.2, -0.15) is 5.10 Å². The molecular formula is C17H17F2N5. The summed E-state index contributed by atoms with van der Waals surface area (Å²) < 4.78 is 26.7. The molecule has 1 fully saturated rings. The molecule has 0 spiro atoms. The van der Waals surface area contributed by atoms with Crippen LogP contribution in [0, 0.1) is 0 Å². The van der Waals surface area contributed by atoms with Gasteiger partial charge in [-0.3, -0.25) is 10.1 Å². The monoisotopic (exact) mass is 329 g/mol. The second-order valence-corrected chi connectivity index (χ2v) is 6.14. The highest BCUT2D eigenvalue weighted by Crippen LogP contribution is 2.36. The Labute approximate surface area is 137 Å². The standard InChI is InChI=1S/C17H17F2N5/c18-17(19)7-4-11(5-8-17)22-16-14-12(6-10-21-16)23-24-15(14)13-3-1-2-9-20-13/h1-3,6,9-11H,4-5,7-8H2,(H,21,22)(H,23,24). The van der Waals surface area contributed by atoms with Crippen molar-refractivity contribution in [2.45, 2.75) is 37.6 Å². The van der Waals surface area contributed by atoms with E-state index in [4.69, 9.17) is 0 Å². The van der Waals surface area contributed by atoms with Crippen molar-refractivity contribution < 1.29 is 8.78 Å². The molecule has 0 atom stereocenters. The molecular weight excluding hydrogens is 312 g/mol. The summed E-state index contributed by atoms with van der Waals surface area (Å²) in [5, 5.41) is 11.5. The van der Waals surface area contributed by atoms with Crippen LogP contribution in [0.5, 0.6) is 0 Å². The van der Waals surface area contributed by atoms with E-state index in [0.717, 1.165) is 16.6 Å². The van der Waals surface area contributed by atoms with E-state index in [1.165, 1.54) is 0 Å². The number of hydrogen-bond acceptors (Lipinski definition) is 4. The quantitative estimate of drug-likeness (QED) is 0.762. The Morgan fingerprint density at radius 1 is 1.08 bits per heavy atom. The Hall–Kier alpha value is -2.57. The third kappa shape index (κ3) is 2.81. The molecule has 0 bridgehead atoms. The van der Waals surface area contributed by atoms with Gasteiger partial charge in [-0.25, -0.2) is 13.8 Å². The Morgan fingerprint density at radius 2 is 1.92 bits per heavy atom. The van der Waals surface area contributed by atoms with Gasteiger partial charge in [0.15, 0.2) is 0 Å². The zero-order chi connectivity index (χ0) is 16.6. The number of alkyl halides is 2. The fourth-order valence-corrected chi connectivity index (χ4v) is 3.14. The van der Waals surface area contributed by atoms with Crippen molar-refractivity contribution in [3.05, 3.63) is 36.7 Å². The number of anilines is 1. The number of aromatic nitrogens is 4. The summed E-state index contributed by atoms with van der Waals surface area (Å²) in [6.45, 7) is 0. The van der Waals surface area contributed by atoms with Gasteiger partial charge in [0.05, 0.1) is 16.6 Å². The average molecular weight is 329 g/mol. The number of halogens is 2. The summed E-state index contributed by atoms with van der Waals surface area (Å²) in [5.74, 6) is -1.87. The summed E-state index contributed by atoms with van der Waals surface area (Å²) in [4.78, 5) is 8.75. The van der Waals surface area contributed by atoms with Crippen LogP contribution in [-0.4, -0.2) is 32.1 Å². The maximum absolute atomic E-state index is 13.3. The van der Waals surface area contributed by atoms with Crippen LogP contribution in [0.2, 0.25) is 0 Å². The second kappa shape index (κ2) is 5.81. The number of hydrogen-bond donors (Lipinski definition) is 2. The number of nitrogens with zero attached hydrogens (tertiary/aromatic N) is 3. The van der Waals surface area contributed by atoms with Gasteiger partial charge in [-0.05, 0) is 31.0 Å². The van der Waals surface area contributed by atoms with Gasteiger partial charge in [0, 0.05) is 31.3 Å². The van der Waals surface area contributed by atoms with Crippen molar-refractivity contribution in [1.29, 1.82) is 0 Å². The number of rotatable bonds is 3. The molecule has 124 valence electrons. The lowest BCUT2D eigenvalue weighted by atomic mass is 9.92. The molecule has 0 aromatic carbocycles. The maximum Gasteiger partial charge on any atom is 0.248 e. The minimum atomic E-state index is -2.54. The van der Waals surface area contributed by atoms with Crippen molar-refractivity contribution in [3.8, 4) is 11.4 Å². The van der Waals surface area contributed by atoms with Crippen LogP contribution in [0.4, 0.5) is 14.6 Å². The smallest absolute Gasteiger partial charge is 0.248 e. The zero-order valence-corrected chi connectivity index (χ0v) is 13.0. The molecule has 7 heteroatoms. The van der Waals surface area contributed by atoms with Crippen molar-refractivity contribution in [1.82, 2.24) is 20.2 Å². The lowest BCUT2D eigenvalue weighted by molar-refractivity contribution is -0.0361. The minimum absolute atomic E-state index is 0.00536. The highest BCUT2D eigenvalue weighted by Gasteiger charge is 2.35. The highest BCUT2D eigenvalue weighted by atomic mass is 19.3. The molecule has 3 aromatic heterocycles. The van der Waals surface area contributed by atoms with E-state index >= 15 is 0 Å². The van der Waals surface area contributed by atoms with Crippen LogP contribution >= 0.6 is 0 Å². The van der Waals surface area contributed by atoms with Gasteiger partial charge in [0.2, 0.25) is 5.92 Å². The summed E-state index contributed by atoms with van der Waals surface area (Å²) in [7, 11) is 0. The number of nitrogens with one attached hydrogen (secondary N) is 2. The fourth-order valence-electron chi connectivity index (χ4n) is 3.14. The molecule has 0 unspecified atom stereocenters. The number of aromatic amines is 1. The Bertz CT molecular complexity index is 837. The first-order chi connectivity index (χ1) is 11.6. The highest BCUT2D eigenvalue weighted by molar-refractivity contribution is 5.99. The van der Waals surface area contributed by atoms with Crippen LogP contribution in [0.25, 0.3) is 22.3 Å². The molecule has 1 saturated carbocycles. The van der Waals surface area contributed by atoms with E-state index < -0.39 is 5.92 Å². The zero-order valence-electron chi connectivity index (χ0n) is 13.0. The molecule has 0 aliphatic heterocycles. The first kappa shape index (κ1) is 15.0. The maximum atomic E-state index is 13.3. The molecule has 2 N–H and O–H groups in total. The SMILES string of the molecule is FC1(F)CCC(Nc2nccc3[nH]nc(-c4ccccn4)c23)CC1. The fraction of sp³-hybridized carbons (Fsp3) is 0.353.